The maximum Gasteiger partial charge on any atom is 0.120 e. The van der Waals surface area contributed by atoms with E-state index in [9.17, 15) is 5.11 Å². The molecule has 0 aliphatic carbocycles. The van der Waals surface area contributed by atoms with Gasteiger partial charge in [-0.3, -0.25) is 4.90 Å². The van der Waals surface area contributed by atoms with Crippen molar-refractivity contribution in [2.45, 2.75) is 19.4 Å². The van der Waals surface area contributed by atoms with Gasteiger partial charge in [0.05, 0.1) is 0 Å². The molecule has 1 aliphatic heterocycles. The van der Waals surface area contributed by atoms with Crippen molar-refractivity contribution < 1.29 is 5.11 Å². The van der Waals surface area contributed by atoms with Crippen molar-refractivity contribution in [1.29, 1.82) is 0 Å². The smallest absolute Gasteiger partial charge is 0.120 e. The number of phenols is 1. The molecule has 5 heteroatoms. The van der Waals surface area contributed by atoms with E-state index in [2.05, 4.69) is 29.8 Å². The molecule has 1 saturated heterocycles. The quantitative estimate of drug-likeness (QED) is 0.837. The maximum absolute atomic E-state index is 10.1. The highest BCUT2D eigenvalue weighted by Gasteiger charge is 2.23. The van der Waals surface area contributed by atoms with E-state index in [0.717, 1.165) is 38.2 Å². The molecule has 3 nitrogen and oxygen atoms in total. The first-order valence-corrected chi connectivity index (χ1v) is 6.57. The summed E-state index contributed by atoms with van der Waals surface area (Å²) in [7, 11) is 0. The lowest BCUT2D eigenvalue weighted by molar-refractivity contribution is 0.172. The molecule has 1 aromatic carbocycles. The largest absolute Gasteiger partial charge is 0.508 e. The Labute approximate surface area is 133 Å². The van der Waals surface area contributed by atoms with Crippen LogP contribution < -0.4 is 5.32 Å². The molecule has 1 aliphatic rings. The van der Waals surface area contributed by atoms with Crippen molar-refractivity contribution in [3.05, 3.63) is 42.0 Å². The van der Waals surface area contributed by atoms with Crippen molar-refractivity contribution in [3.63, 3.8) is 0 Å². The number of benzene rings is 1. The van der Waals surface area contributed by atoms with Crippen LogP contribution in [0.1, 0.15) is 23.6 Å². The van der Waals surface area contributed by atoms with Crippen molar-refractivity contribution >= 4 is 24.8 Å². The Hall–Kier alpha value is -0.740. The minimum Gasteiger partial charge on any atom is -0.508 e. The minimum atomic E-state index is 0. The zero-order valence-corrected chi connectivity index (χ0v) is 13.5. The summed E-state index contributed by atoms with van der Waals surface area (Å²) in [6.07, 6.45) is 2.81. The van der Waals surface area contributed by atoms with Crippen LogP contribution in [-0.2, 0) is 0 Å². The second kappa shape index (κ2) is 9.24. The predicted molar refractivity (Wildman–Crippen MR) is 89.3 cm³/mol. The summed E-state index contributed by atoms with van der Waals surface area (Å²) in [6, 6.07) is 6.07. The second-order valence-corrected chi connectivity index (χ2v) is 4.89. The molecular weight excluding hydrogens is 295 g/mol. The molecule has 1 fully saturated rings. The fraction of sp³-hybridized carbons (Fsp3) is 0.467. The molecule has 1 aromatic rings. The van der Waals surface area contributed by atoms with Gasteiger partial charge in [0, 0.05) is 37.8 Å². The minimum absolute atomic E-state index is 0. The third kappa shape index (κ3) is 4.67. The average Bonchev–Trinajstić information content (AvgIpc) is 2.40. The summed E-state index contributed by atoms with van der Waals surface area (Å²) in [4.78, 5) is 2.42. The number of halogens is 2. The first-order valence-electron chi connectivity index (χ1n) is 6.57. The normalized spacial score (nSPS) is 16.6. The number of hydrogen-bond donors (Lipinski definition) is 2. The van der Waals surface area contributed by atoms with Crippen LogP contribution in [0.3, 0.4) is 0 Å². The summed E-state index contributed by atoms with van der Waals surface area (Å²) in [5.74, 6) is 0.394. The monoisotopic (exact) mass is 318 g/mol. The standard InChI is InChI=1S/C15H22N2O.2ClH/c1-3-4-14(17-9-7-16-8-10-17)13-11-12(2)5-6-15(13)18;;/h3,5-6,11,14,16,18H,1,4,7-10H2,2H3;2*1H/t14-;;/m0../s1. The van der Waals surface area contributed by atoms with E-state index < -0.39 is 0 Å². The van der Waals surface area contributed by atoms with E-state index in [1.165, 1.54) is 5.56 Å². The lowest BCUT2D eigenvalue weighted by Gasteiger charge is -2.35. The summed E-state index contributed by atoms with van der Waals surface area (Å²) in [5.41, 5.74) is 2.21. The molecule has 1 atom stereocenters. The van der Waals surface area contributed by atoms with Crippen LogP contribution >= 0.6 is 24.8 Å². The molecule has 0 aromatic heterocycles. The van der Waals surface area contributed by atoms with Crippen LogP contribution in [0.25, 0.3) is 0 Å². The molecule has 20 heavy (non-hydrogen) atoms. The fourth-order valence-electron chi connectivity index (χ4n) is 2.57. The summed E-state index contributed by atoms with van der Waals surface area (Å²) >= 11 is 0. The van der Waals surface area contributed by atoms with Crippen LogP contribution in [0.4, 0.5) is 0 Å². The number of piperazine rings is 1. The first kappa shape index (κ1) is 19.3. The van der Waals surface area contributed by atoms with Gasteiger partial charge in [0.15, 0.2) is 0 Å². The summed E-state index contributed by atoms with van der Waals surface area (Å²) in [6.45, 7) is 9.98. The highest BCUT2D eigenvalue weighted by molar-refractivity contribution is 5.85. The SMILES string of the molecule is C=CC[C@@H](c1cc(C)ccc1O)N1CCNCC1.Cl.Cl. The van der Waals surface area contributed by atoms with Crippen molar-refractivity contribution in [2.24, 2.45) is 0 Å². The number of nitrogens with zero attached hydrogens (tertiary/aromatic N) is 1. The van der Waals surface area contributed by atoms with Crippen molar-refractivity contribution in [1.82, 2.24) is 10.2 Å². The van der Waals surface area contributed by atoms with Gasteiger partial charge in [0.2, 0.25) is 0 Å². The Kier molecular flexibility index (Phi) is 8.90. The van der Waals surface area contributed by atoms with Crippen molar-refractivity contribution in [3.8, 4) is 5.75 Å². The zero-order chi connectivity index (χ0) is 13.0. The maximum atomic E-state index is 10.1. The van der Waals surface area contributed by atoms with E-state index in [-0.39, 0.29) is 30.9 Å². The van der Waals surface area contributed by atoms with Gasteiger partial charge in [0.25, 0.3) is 0 Å². The second-order valence-electron chi connectivity index (χ2n) is 4.89. The van der Waals surface area contributed by atoms with Crippen LogP contribution in [-0.4, -0.2) is 36.2 Å². The number of phenolic OH excluding ortho intramolecular Hbond substituents is 1. The van der Waals surface area contributed by atoms with Gasteiger partial charge in [-0.1, -0.05) is 23.8 Å². The topological polar surface area (TPSA) is 35.5 Å². The van der Waals surface area contributed by atoms with Gasteiger partial charge in [-0.05, 0) is 19.4 Å². The van der Waals surface area contributed by atoms with Crippen molar-refractivity contribution in [2.75, 3.05) is 26.2 Å². The van der Waals surface area contributed by atoms with Crippen LogP contribution in [0, 0.1) is 6.92 Å². The molecule has 2 rings (SSSR count). The zero-order valence-electron chi connectivity index (χ0n) is 11.8. The molecule has 0 bridgehead atoms. The van der Waals surface area contributed by atoms with E-state index in [0.29, 0.717) is 5.75 Å². The van der Waals surface area contributed by atoms with Gasteiger partial charge in [0.1, 0.15) is 5.75 Å². The van der Waals surface area contributed by atoms with Gasteiger partial charge >= 0.3 is 0 Å². The third-order valence-corrected chi connectivity index (χ3v) is 3.52. The molecule has 0 amide bonds. The predicted octanol–water partition coefficient (Wildman–Crippen LogP) is 3.07. The number of aromatic hydroxyl groups is 1. The Balaban J connectivity index is 0.00000180. The number of hydrogen-bond acceptors (Lipinski definition) is 3. The van der Waals surface area contributed by atoms with Gasteiger partial charge in [-0.15, -0.1) is 31.4 Å². The lowest BCUT2D eigenvalue weighted by atomic mass is 9.98. The molecule has 2 N–H and O–H groups in total. The molecular formula is C15H24Cl2N2O. The van der Waals surface area contributed by atoms with E-state index in [1.807, 2.05) is 12.1 Å². The van der Waals surface area contributed by atoms with Gasteiger partial charge in [-0.2, -0.15) is 0 Å². The van der Waals surface area contributed by atoms with Crippen LogP contribution in [0.2, 0.25) is 0 Å². The Morgan fingerprint density at radius 3 is 2.60 bits per heavy atom. The Morgan fingerprint density at radius 1 is 1.35 bits per heavy atom. The summed E-state index contributed by atoms with van der Waals surface area (Å²) in [5, 5.41) is 13.4. The molecule has 114 valence electrons. The number of nitrogens with one attached hydrogen (secondary N) is 1. The van der Waals surface area contributed by atoms with E-state index >= 15 is 0 Å². The highest BCUT2D eigenvalue weighted by Crippen LogP contribution is 2.32. The lowest BCUT2D eigenvalue weighted by Crippen LogP contribution is -2.45. The van der Waals surface area contributed by atoms with Gasteiger partial charge in [-0.25, -0.2) is 0 Å². The van der Waals surface area contributed by atoms with Crippen LogP contribution in [0.15, 0.2) is 30.9 Å². The Bertz CT molecular complexity index is 420. The third-order valence-electron chi connectivity index (χ3n) is 3.52. The van der Waals surface area contributed by atoms with Gasteiger partial charge < -0.3 is 10.4 Å². The Morgan fingerprint density at radius 2 is 2.00 bits per heavy atom. The highest BCUT2D eigenvalue weighted by atomic mass is 35.5. The summed E-state index contributed by atoms with van der Waals surface area (Å²) < 4.78 is 0. The number of aryl methyl sites for hydroxylation is 1. The van der Waals surface area contributed by atoms with Crippen LogP contribution in [0.5, 0.6) is 5.75 Å². The fourth-order valence-corrected chi connectivity index (χ4v) is 2.57. The van der Waals surface area contributed by atoms with E-state index in [4.69, 9.17) is 0 Å². The molecule has 0 saturated carbocycles. The van der Waals surface area contributed by atoms with E-state index in [1.54, 1.807) is 6.07 Å². The molecule has 0 spiro atoms. The molecule has 0 radical (unpaired) electrons. The average molecular weight is 319 g/mol. The number of rotatable bonds is 4. The molecule has 0 unspecified atom stereocenters. The first-order chi connectivity index (χ1) is 8.72. The molecule has 1 heterocycles.